The highest BCUT2D eigenvalue weighted by Gasteiger charge is 2.53. The summed E-state index contributed by atoms with van der Waals surface area (Å²) in [5, 5.41) is 8.87. The molecular formula is C12H22O7S. The van der Waals surface area contributed by atoms with Gasteiger partial charge in [0.25, 0.3) is 10.1 Å². The summed E-state index contributed by atoms with van der Waals surface area (Å²) in [6.45, 7) is 6.70. The van der Waals surface area contributed by atoms with Crippen LogP contribution in [0.3, 0.4) is 0 Å². The Morgan fingerprint density at radius 2 is 1.65 bits per heavy atom. The summed E-state index contributed by atoms with van der Waals surface area (Å²) < 4.78 is 35.0. The Hall–Kier alpha value is -1.15. The monoisotopic (exact) mass is 310 g/mol. The third-order valence-corrected chi connectivity index (χ3v) is 4.05. The van der Waals surface area contributed by atoms with Crippen molar-refractivity contribution in [2.75, 3.05) is 6.61 Å². The number of carbonyl (C=O) groups excluding carboxylic acids is 1. The summed E-state index contributed by atoms with van der Waals surface area (Å²) in [5.41, 5.74) is 0. The number of rotatable bonds is 8. The smallest absolute Gasteiger partial charge is 0.330 e. The Bertz CT molecular complexity index is 452. The van der Waals surface area contributed by atoms with Crippen molar-refractivity contribution in [1.82, 2.24) is 0 Å². The SMILES string of the molecule is CC(C)COC(=O)C(CC(=O)O)(CC(C)C)S(=O)(=O)O. The lowest BCUT2D eigenvalue weighted by atomic mass is 9.93. The molecule has 8 heteroatoms. The molecule has 0 amide bonds. The van der Waals surface area contributed by atoms with Crippen molar-refractivity contribution in [3.8, 4) is 0 Å². The van der Waals surface area contributed by atoms with E-state index in [0.717, 1.165) is 0 Å². The first-order valence-electron chi connectivity index (χ1n) is 6.28. The molecule has 0 aromatic carbocycles. The first kappa shape index (κ1) is 18.9. The van der Waals surface area contributed by atoms with Crippen LogP contribution < -0.4 is 0 Å². The molecule has 2 N–H and O–H groups in total. The van der Waals surface area contributed by atoms with Gasteiger partial charge in [0.05, 0.1) is 13.0 Å². The molecule has 7 nitrogen and oxygen atoms in total. The van der Waals surface area contributed by atoms with Gasteiger partial charge >= 0.3 is 11.9 Å². The lowest BCUT2D eigenvalue weighted by Gasteiger charge is -2.28. The van der Waals surface area contributed by atoms with Crippen LogP contribution in [0.2, 0.25) is 0 Å². The number of hydrogen-bond acceptors (Lipinski definition) is 5. The van der Waals surface area contributed by atoms with Crippen molar-refractivity contribution >= 4 is 22.1 Å². The zero-order valence-corrected chi connectivity index (χ0v) is 12.9. The summed E-state index contributed by atoms with van der Waals surface area (Å²) in [6, 6.07) is 0. The molecule has 0 aliphatic heterocycles. The van der Waals surface area contributed by atoms with E-state index >= 15 is 0 Å². The first-order chi connectivity index (χ1) is 8.92. The molecule has 1 unspecified atom stereocenters. The van der Waals surface area contributed by atoms with Crippen molar-refractivity contribution in [2.45, 2.75) is 45.3 Å². The Labute approximate surface area is 119 Å². The molecule has 0 spiro atoms. The highest BCUT2D eigenvalue weighted by atomic mass is 32.2. The van der Waals surface area contributed by atoms with Gasteiger partial charge < -0.3 is 9.84 Å². The van der Waals surface area contributed by atoms with Crippen LogP contribution in [0.15, 0.2) is 0 Å². The van der Waals surface area contributed by atoms with Gasteiger partial charge in [0.2, 0.25) is 4.75 Å². The third-order valence-electron chi connectivity index (χ3n) is 2.59. The summed E-state index contributed by atoms with van der Waals surface area (Å²) in [7, 11) is -4.92. The molecule has 118 valence electrons. The van der Waals surface area contributed by atoms with Crippen molar-refractivity contribution in [2.24, 2.45) is 11.8 Å². The lowest BCUT2D eigenvalue weighted by molar-refractivity contribution is -0.152. The van der Waals surface area contributed by atoms with E-state index < -0.39 is 33.2 Å². The zero-order chi connectivity index (χ0) is 16.1. The number of carboxylic acids is 1. The predicted octanol–water partition coefficient (Wildman–Crippen LogP) is 1.33. The fourth-order valence-electron chi connectivity index (χ4n) is 1.81. The normalized spacial score (nSPS) is 15.2. The van der Waals surface area contributed by atoms with Gasteiger partial charge in [0.15, 0.2) is 0 Å². The maximum absolute atomic E-state index is 12.1. The summed E-state index contributed by atoms with van der Waals surface area (Å²) >= 11 is 0. The molecule has 20 heavy (non-hydrogen) atoms. The third kappa shape index (κ3) is 5.09. The fourth-order valence-corrected chi connectivity index (χ4v) is 2.93. The van der Waals surface area contributed by atoms with E-state index in [1.165, 1.54) is 0 Å². The zero-order valence-electron chi connectivity index (χ0n) is 12.1. The number of esters is 1. The number of carbonyl (C=O) groups is 2. The molecule has 1 atom stereocenters. The van der Waals surface area contributed by atoms with E-state index in [4.69, 9.17) is 9.84 Å². The quantitative estimate of drug-likeness (QED) is 0.513. The molecule has 0 heterocycles. The molecule has 0 saturated heterocycles. The molecule has 0 aromatic heterocycles. The van der Waals surface area contributed by atoms with Gasteiger partial charge in [-0.2, -0.15) is 8.42 Å². The summed E-state index contributed by atoms with van der Waals surface area (Å²) in [6.07, 6.45) is -1.35. The standard InChI is InChI=1S/C12H22O7S/c1-8(2)5-12(6-10(13)14,20(16,17)18)11(15)19-7-9(3)4/h8-9H,5-7H2,1-4H3,(H,13,14)(H,16,17,18). The van der Waals surface area contributed by atoms with Crippen LogP contribution in [0.25, 0.3) is 0 Å². The molecule has 0 bridgehead atoms. The Morgan fingerprint density at radius 3 is 1.95 bits per heavy atom. The molecule has 0 rings (SSSR count). The largest absolute Gasteiger partial charge is 0.481 e. The van der Waals surface area contributed by atoms with Crippen LogP contribution in [0.1, 0.15) is 40.5 Å². The highest BCUT2D eigenvalue weighted by Crippen LogP contribution is 2.31. The van der Waals surface area contributed by atoms with E-state index in [-0.39, 0.29) is 24.9 Å². The number of carboxylic acid groups (broad SMARTS) is 1. The fraction of sp³-hybridized carbons (Fsp3) is 0.833. The Balaban J connectivity index is 5.60. The van der Waals surface area contributed by atoms with Gasteiger partial charge in [0.1, 0.15) is 0 Å². The minimum atomic E-state index is -4.92. The van der Waals surface area contributed by atoms with E-state index in [1.54, 1.807) is 27.7 Å². The van der Waals surface area contributed by atoms with E-state index in [1.807, 2.05) is 0 Å². The molecule has 0 saturated carbocycles. The van der Waals surface area contributed by atoms with E-state index in [0.29, 0.717) is 0 Å². The predicted molar refractivity (Wildman–Crippen MR) is 71.8 cm³/mol. The number of aliphatic carboxylic acids is 1. The minimum Gasteiger partial charge on any atom is -0.481 e. The van der Waals surface area contributed by atoms with Gasteiger partial charge in [-0.05, 0) is 18.3 Å². The molecule has 0 radical (unpaired) electrons. The molecule has 0 aliphatic carbocycles. The van der Waals surface area contributed by atoms with Crippen LogP contribution in [0.4, 0.5) is 0 Å². The molecular weight excluding hydrogens is 288 g/mol. The van der Waals surface area contributed by atoms with Crippen LogP contribution in [-0.4, -0.2) is 41.4 Å². The number of ether oxygens (including phenoxy) is 1. The van der Waals surface area contributed by atoms with Crippen LogP contribution in [-0.2, 0) is 24.4 Å². The van der Waals surface area contributed by atoms with Crippen LogP contribution in [0, 0.1) is 11.8 Å². The maximum Gasteiger partial charge on any atom is 0.330 e. The molecule has 0 aliphatic rings. The number of hydrogen-bond donors (Lipinski definition) is 2. The van der Waals surface area contributed by atoms with Gasteiger partial charge in [-0.25, -0.2) is 0 Å². The van der Waals surface area contributed by atoms with Crippen molar-refractivity contribution in [3.63, 3.8) is 0 Å². The highest BCUT2D eigenvalue weighted by molar-refractivity contribution is 7.88. The van der Waals surface area contributed by atoms with Gasteiger partial charge in [-0.1, -0.05) is 27.7 Å². The molecule has 0 aromatic rings. The Morgan fingerprint density at radius 1 is 1.15 bits per heavy atom. The Kier molecular flexibility index (Phi) is 6.63. The first-order valence-corrected chi connectivity index (χ1v) is 7.72. The van der Waals surface area contributed by atoms with Crippen LogP contribution in [0.5, 0.6) is 0 Å². The van der Waals surface area contributed by atoms with Crippen molar-refractivity contribution < 1.29 is 32.4 Å². The maximum atomic E-state index is 12.1. The van der Waals surface area contributed by atoms with Crippen molar-refractivity contribution in [3.05, 3.63) is 0 Å². The average Bonchev–Trinajstić information content (AvgIpc) is 2.21. The van der Waals surface area contributed by atoms with Crippen molar-refractivity contribution in [1.29, 1.82) is 0 Å². The second-order valence-electron chi connectivity index (χ2n) is 5.63. The summed E-state index contributed by atoms with van der Waals surface area (Å²) in [5.74, 6) is -3.07. The lowest BCUT2D eigenvalue weighted by Crippen LogP contribution is -2.50. The molecule has 0 fully saturated rings. The van der Waals surface area contributed by atoms with E-state index in [9.17, 15) is 22.6 Å². The van der Waals surface area contributed by atoms with Gasteiger partial charge in [-0.3, -0.25) is 14.1 Å². The topological polar surface area (TPSA) is 118 Å². The summed E-state index contributed by atoms with van der Waals surface area (Å²) in [4.78, 5) is 23.0. The minimum absolute atomic E-state index is 0.0399. The second kappa shape index (κ2) is 7.03. The van der Waals surface area contributed by atoms with Crippen LogP contribution >= 0.6 is 0 Å². The average molecular weight is 310 g/mol. The van der Waals surface area contributed by atoms with Gasteiger partial charge in [-0.15, -0.1) is 0 Å². The van der Waals surface area contributed by atoms with Gasteiger partial charge in [0, 0.05) is 0 Å². The van der Waals surface area contributed by atoms with E-state index in [2.05, 4.69) is 0 Å². The second-order valence-corrected chi connectivity index (χ2v) is 7.36.